The molecule has 0 saturated heterocycles. The number of hydrogen-bond acceptors (Lipinski definition) is 2. The van der Waals surface area contributed by atoms with E-state index < -0.39 is 11.9 Å². The summed E-state index contributed by atoms with van der Waals surface area (Å²) in [5.41, 5.74) is 6.95. The number of hydrogen-bond donors (Lipinski definition) is 2. The second kappa shape index (κ2) is 6.96. The fourth-order valence-electron chi connectivity index (χ4n) is 2.73. The van der Waals surface area contributed by atoms with Gasteiger partial charge in [-0.15, -0.1) is 0 Å². The minimum absolute atomic E-state index is 0.300. The number of nitrogens with one attached hydrogen (secondary N) is 1. The number of carbonyl (C=O) groups excluding carboxylic acids is 2. The molecule has 0 saturated carbocycles. The maximum atomic E-state index is 12.6. The summed E-state index contributed by atoms with van der Waals surface area (Å²) < 4.78 is 0. The van der Waals surface area contributed by atoms with Crippen molar-refractivity contribution in [2.45, 2.75) is 12.5 Å². The smallest absolute Gasteiger partial charge is 0.252 e. The molecule has 120 valence electrons. The molecule has 3 aromatic carbocycles. The van der Waals surface area contributed by atoms with E-state index in [2.05, 4.69) is 5.32 Å². The number of carbonyl (C=O) groups is 2. The molecule has 0 heterocycles. The zero-order valence-corrected chi connectivity index (χ0v) is 13.1. The van der Waals surface area contributed by atoms with E-state index in [1.165, 1.54) is 0 Å². The summed E-state index contributed by atoms with van der Waals surface area (Å²) >= 11 is 0. The average Bonchev–Trinajstić information content (AvgIpc) is 2.61. The van der Waals surface area contributed by atoms with E-state index in [0.717, 1.165) is 16.3 Å². The van der Waals surface area contributed by atoms with Crippen LogP contribution in [0.5, 0.6) is 0 Å². The van der Waals surface area contributed by atoms with Gasteiger partial charge < -0.3 is 11.1 Å². The van der Waals surface area contributed by atoms with Gasteiger partial charge in [0.25, 0.3) is 5.91 Å². The molecule has 3 rings (SSSR count). The molecule has 0 aliphatic carbocycles. The number of amides is 2. The first-order chi connectivity index (χ1) is 11.6. The van der Waals surface area contributed by atoms with Gasteiger partial charge >= 0.3 is 0 Å². The lowest BCUT2D eigenvalue weighted by molar-refractivity contribution is -0.119. The van der Waals surface area contributed by atoms with Crippen molar-refractivity contribution in [1.82, 2.24) is 5.32 Å². The second-order valence-corrected chi connectivity index (χ2v) is 5.64. The molecule has 3 aromatic rings. The summed E-state index contributed by atoms with van der Waals surface area (Å²) in [5, 5.41) is 4.58. The standard InChI is InChI=1S/C20H18N2O2/c21-19(23)18(13-14-7-2-1-3-8-14)22-20(24)17-12-6-10-15-9-4-5-11-16(15)17/h1-12,18H,13H2,(H2,21,23)(H,22,24)/t18-/m1/s1. The predicted octanol–water partition coefficient (Wildman–Crippen LogP) is 2.67. The highest BCUT2D eigenvalue weighted by molar-refractivity contribution is 6.08. The van der Waals surface area contributed by atoms with Gasteiger partial charge in [0.1, 0.15) is 6.04 Å². The van der Waals surface area contributed by atoms with Crippen LogP contribution in [0.15, 0.2) is 72.8 Å². The third-order valence-electron chi connectivity index (χ3n) is 3.97. The Labute approximate surface area is 140 Å². The lowest BCUT2D eigenvalue weighted by Gasteiger charge is -2.16. The van der Waals surface area contributed by atoms with E-state index in [0.29, 0.717) is 12.0 Å². The average molecular weight is 318 g/mol. The normalized spacial score (nSPS) is 11.8. The Hall–Kier alpha value is -3.14. The first-order valence-corrected chi connectivity index (χ1v) is 7.77. The first kappa shape index (κ1) is 15.7. The summed E-state index contributed by atoms with van der Waals surface area (Å²) in [4.78, 5) is 24.4. The quantitative estimate of drug-likeness (QED) is 0.759. The Balaban J connectivity index is 1.84. The van der Waals surface area contributed by atoms with Crippen LogP contribution in [0.3, 0.4) is 0 Å². The zero-order chi connectivity index (χ0) is 16.9. The number of rotatable bonds is 5. The molecule has 4 heteroatoms. The molecule has 0 spiro atoms. The topological polar surface area (TPSA) is 72.2 Å². The largest absolute Gasteiger partial charge is 0.368 e. The van der Waals surface area contributed by atoms with Crippen LogP contribution >= 0.6 is 0 Å². The number of benzene rings is 3. The minimum atomic E-state index is -0.751. The van der Waals surface area contributed by atoms with Gasteiger partial charge in [0.2, 0.25) is 5.91 Å². The summed E-state index contributed by atoms with van der Waals surface area (Å²) in [7, 11) is 0. The molecule has 0 aromatic heterocycles. The fraction of sp³-hybridized carbons (Fsp3) is 0.100. The van der Waals surface area contributed by atoms with Crippen molar-refractivity contribution in [1.29, 1.82) is 0 Å². The summed E-state index contributed by atoms with van der Waals surface area (Å²) in [6.07, 6.45) is 0.368. The van der Waals surface area contributed by atoms with Crippen LogP contribution in [0, 0.1) is 0 Å². The van der Waals surface area contributed by atoms with Gasteiger partial charge in [-0.05, 0) is 22.4 Å². The lowest BCUT2D eigenvalue weighted by Crippen LogP contribution is -2.45. The lowest BCUT2D eigenvalue weighted by atomic mass is 10.0. The molecular weight excluding hydrogens is 300 g/mol. The van der Waals surface area contributed by atoms with Crippen molar-refractivity contribution >= 4 is 22.6 Å². The molecule has 0 bridgehead atoms. The van der Waals surface area contributed by atoms with Crippen LogP contribution in [-0.2, 0) is 11.2 Å². The van der Waals surface area contributed by atoms with Crippen molar-refractivity contribution in [2.75, 3.05) is 0 Å². The van der Waals surface area contributed by atoms with Crippen LogP contribution in [0.4, 0.5) is 0 Å². The van der Waals surface area contributed by atoms with E-state index in [-0.39, 0.29) is 5.91 Å². The Kier molecular flexibility index (Phi) is 4.57. The summed E-state index contributed by atoms with van der Waals surface area (Å²) in [5.74, 6) is -0.848. The van der Waals surface area contributed by atoms with Crippen LogP contribution in [0.2, 0.25) is 0 Å². The molecular formula is C20H18N2O2. The van der Waals surface area contributed by atoms with Gasteiger partial charge in [-0.3, -0.25) is 9.59 Å². The van der Waals surface area contributed by atoms with E-state index in [1.807, 2.05) is 66.7 Å². The number of nitrogens with two attached hydrogens (primary N) is 1. The molecule has 1 atom stereocenters. The highest BCUT2D eigenvalue weighted by Gasteiger charge is 2.20. The maximum absolute atomic E-state index is 12.6. The van der Waals surface area contributed by atoms with Crippen LogP contribution in [0.1, 0.15) is 15.9 Å². The third-order valence-corrected chi connectivity index (χ3v) is 3.97. The van der Waals surface area contributed by atoms with Gasteiger partial charge in [0.15, 0.2) is 0 Å². The Morgan fingerprint density at radius 1 is 0.875 bits per heavy atom. The second-order valence-electron chi connectivity index (χ2n) is 5.64. The minimum Gasteiger partial charge on any atom is -0.368 e. The number of primary amides is 1. The molecule has 3 N–H and O–H groups in total. The summed E-state index contributed by atoms with van der Waals surface area (Å²) in [6, 6.07) is 21.9. The van der Waals surface area contributed by atoms with Gasteiger partial charge in [-0.2, -0.15) is 0 Å². The van der Waals surface area contributed by atoms with Crippen LogP contribution in [-0.4, -0.2) is 17.9 Å². The van der Waals surface area contributed by atoms with Crippen molar-refractivity contribution in [3.63, 3.8) is 0 Å². The highest BCUT2D eigenvalue weighted by Crippen LogP contribution is 2.18. The van der Waals surface area contributed by atoms with E-state index in [4.69, 9.17) is 5.73 Å². The van der Waals surface area contributed by atoms with Gasteiger partial charge in [0, 0.05) is 12.0 Å². The Morgan fingerprint density at radius 2 is 1.54 bits per heavy atom. The van der Waals surface area contributed by atoms with Gasteiger partial charge in [-0.25, -0.2) is 0 Å². The maximum Gasteiger partial charge on any atom is 0.252 e. The third kappa shape index (κ3) is 3.43. The van der Waals surface area contributed by atoms with E-state index in [1.54, 1.807) is 6.07 Å². The molecule has 0 fully saturated rings. The summed E-state index contributed by atoms with van der Waals surface area (Å²) in [6.45, 7) is 0. The molecule has 0 aliphatic rings. The van der Waals surface area contributed by atoms with Crippen molar-refractivity contribution in [2.24, 2.45) is 5.73 Å². The number of fused-ring (bicyclic) bond motifs is 1. The van der Waals surface area contributed by atoms with Crippen LogP contribution < -0.4 is 11.1 Å². The van der Waals surface area contributed by atoms with E-state index >= 15 is 0 Å². The molecule has 24 heavy (non-hydrogen) atoms. The van der Waals surface area contributed by atoms with Crippen molar-refractivity contribution in [3.05, 3.63) is 83.9 Å². The first-order valence-electron chi connectivity index (χ1n) is 7.77. The van der Waals surface area contributed by atoms with E-state index in [9.17, 15) is 9.59 Å². The monoisotopic (exact) mass is 318 g/mol. The van der Waals surface area contributed by atoms with Gasteiger partial charge in [-0.1, -0.05) is 66.7 Å². The van der Waals surface area contributed by atoms with Crippen molar-refractivity contribution < 1.29 is 9.59 Å². The SMILES string of the molecule is NC(=O)[C@@H](Cc1ccccc1)NC(=O)c1cccc2ccccc12. The van der Waals surface area contributed by atoms with Crippen LogP contribution in [0.25, 0.3) is 10.8 Å². The zero-order valence-electron chi connectivity index (χ0n) is 13.1. The fourth-order valence-corrected chi connectivity index (χ4v) is 2.73. The Bertz CT molecular complexity index is 870. The highest BCUT2D eigenvalue weighted by atomic mass is 16.2. The van der Waals surface area contributed by atoms with Crippen molar-refractivity contribution in [3.8, 4) is 0 Å². The molecule has 0 radical (unpaired) electrons. The molecule has 2 amide bonds. The Morgan fingerprint density at radius 3 is 2.29 bits per heavy atom. The predicted molar refractivity (Wildman–Crippen MR) is 94.5 cm³/mol. The molecule has 0 aliphatic heterocycles. The van der Waals surface area contributed by atoms with Gasteiger partial charge in [0.05, 0.1) is 0 Å². The molecule has 4 nitrogen and oxygen atoms in total. The molecule has 0 unspecified atom stereocenters.